The van der Waals surface area contributed by atoms with Gasteiger partial charge in [-0.05, 0) is 147 Å². The van der Waals surface area contributed by atoms with Crippen molar-refractivity contribution < 1.29 is 0 Å². The zero-order chi connectivity index (χ0) is 45.4. The van der Waals surface area contributed by atoms with Crippen LogP contribution in [0.4, 0.5) is 17.1 Å². The van der Waals surface area contributed by atoms with Crippen molar-refractivity contribution in [2.45, 2.75) is 103 Å². The molecular formula is C64H61N. The zero-order valence-electron chi connectivity index (χ0n) is 40.1. The molecule has 0 amide bonds. The summed E-state index contributed by atoms with van der Waals surface area (Å²) in [5, 5.41) is 0. The number of hydrogen-bond donors (Lipinski definition) is 0. The standard InChI is InChI=1S/C64H61N/c1-60(2,3)41-26-32-49-50-33-27-42(61(4,5)6)37-58(50)64(57(49)36-41)56-23-17-14-19-47(56)51-34-30-45(39-59(51)64)65(43-28-24-40(25-29-43)46-18-12-15-21-53(46)62(7,8)9)44-31-35-55-52(38-44)48-20-13-16-22-54(48)63(55,10)11/h12-39H,1-11H3. The van der Waals surface area contributed by atoms with E-state index in [2.05, 4.69) is 251 Å². The summed E-state index contributed by atoms with van der Waals surface area (Å²) >= 11 is 0. The fourth-order valence-electron chi connectivity index (χ4n) is 11.7. The Bertz CT molecular complexity index is 3160. The van der Waals surface area contributed by atoms with Gasteiger partial charge in [0.15, 0.2) is 0 Å². The highest BCUT2D eigenvalue weighted by atomic mass is 15.1. The normalized spacial score (nSPS) is 14.9. The van der Waals surface area contributed by atoms with Gasteiger partial charge < -0.3 is 4.90 Å². The van der Waals surface area contributed by atoms with E-state index in [0.717, 1.165) is 17.1 Å². The van der Waals surface area contributed by atoms with Gasteiger partial charge in [-0.1, -0.05) is 210 Å². The highest BCUT2D eigenvalue weighted by Gasteiger charge is 2.52. The second kappa shape index (κ2) is 14.0. The Morgan fingerprint density at radius 2 is 0.754 bits per heavy atom. The molecular weight excluding hydrogens is 783 g/mol. The molecule has 0 saturated carbocycles. The summed E-state index contributed by atoms with van der Waals surface area (Å²) in [6.45, 7) is 25.7. The fraction of sp³-hybridized carbons (Fsp3) is 0.250. The smallest absolute Gasteiger partial charge is 0.0726 e. The van der Waals surface area contributed by atoms with Crippen LogP contribution in [0.2, 0.25) is 0 Å². The summed E-state index contributed by atoms with van der Waals surface area (Å²) in [4.78, 5) is 2.51. The molecule has 0 N–H and O–H groups in total. The van der Waals surface area contributed by atoms with E-state index in [-0.39, 0.29) is 21.7 Å². The summed E-state index contributed by atoms with van der Waals surface area (Å²) in [6, 6.07) is 65.7. The van der Waals surface area contributed by atoms with E-state index in [1.165, 1.54) is 94.6 Å². The number of anilines is 3. The molecule has 11 rings (SSSR count). The van der Waals surface area contributed by atoms with Crippen LogP contribution >= 0.6 is 0 Å². The van der Waals surface area contributed by atoms with Crippen LogP contribution < -0.4 is 4.90 Å². The van der Waals surface area contributed by atoms with Gasteiger partial charge in [0.2, 0.25) is 0 Å². The molecule has 0 aliphatic heterocycles. The molecule has 322 valence electrons. The Morgan fingerprint density at radius 1 is 0.323 bits per heavy atom. The van der Waals surface area contributed by atoms with Gasteiger partial charge in [-0.15, -0.1) is 0 Å². The summed E-state index contributed by atoms with van der Waals surface area (Å²) in [6.07, 6.45) is 0. The molecule has 0 unspecified atom stereocenters. The van der Waals surface area contributed by atoms with Gasteiger partial charge in [-0.2, -0.15) is 0 Å². The van der Waals surface area contributed by atoms with Gasteiger partial charge in [0.25, 0.3) is 0 Å². The van der Waals surface area contributed by atoms with Crippen molar-refractivity contribution in [3.05, 3.63) is 220 Å². The van der Waals surface area contributed by atoms with E-state index in [1.807, 2.05) is 0 Å². The largest absolute Gasteiger partial charge is 0.310 e. The van der Waals surface area contributed by atoms with Crippen molar-refractivity contribution in [3.8, 4) is 44.5 Å². The first-order chi connectivity index (χ1) is 30.9. The molecule has 0 radical (unpaired) electrons. The molecule has 0 bridgehead atoms. The Labute approximate surface area is 387 Å². The second-order valence-electron chi connectivity index (χ2n) is 22.6. The first kappa shape index (κ1) is 41.3. The van der Waals surface area contributed by atoms with Crippen LogP contribution in [0.1, 0.15) is 126 Å². The summed E-state index contributed by atoms with van der Waals surface area (Å²) in [5.74, 6) is 0. The Balaban J connectivity index is 1.18. The first-order valence-corrected chi connectivity index (χ1v) is 23.7. The average molecular weight is 844 g/mol. The van der Waals surface area contributed by atoms with E-state index >= 15 is 0 Å². The molecule has 0 atom stereocenters. The Hall–Kier alpha value is -6.44. The minimum Gasteiger partial charge on any atom is -0.310 e. The number of nitrogens with zero attached hydrogens (tertiary/aromatic N) is 1. The lowest BCUT2D eigenvalue weighted by Crippen LogP contribution is -2.27. The van der Waals surface area contributed by atoms with E-state index < -0.39 is 5.41 Å². The molecule has 3 aliphatic rings. The van der Waals surface area contributed by atoms with Crippen molar-refractivity contribution >= 4 is 17.1 Å². The van der Waals surface area contributed by atoms with Crippen LogP contribution in [0.15, 0.2) is 170 Å². The van der Waals surface area contributed by atoms with Gasteiger partial charge in [-0.25, -0.2) is 0 Å². The van der Waals surface area contributed by atoms with Crippen LogP contribution in [0.5, 0.6) is 0 Å². The number of fused-ring (bicyclic) bond motifs is 13. The van der Waals surface area contributed by atoms with E-state index in [9.17, 15) is 0 Å². The van der Waals surface area contributed by atoms with Crippen LogP contribution in [-0.2, 0) is 27.1 Å². The maximum atomic E-state index is 2.55. The van der Waals surface area contributed by atoms with Gasteiger partial charge in [0.1, 0.15) is 0 Å². The van der Waals surface area contributed by atoms with Crippen LogP contribution in [0.3, 0.4) is 0 Å². The molecule has 1 spiro atoms. The molecule has 8 aromatic rings. The Morgan fingerprint density at radius 3 is 1.34 bits per heavy atom. The average Bonchev–Trinajstić information content (AvgIpc) is 3.83. The van der Waals surface area contributed by atoms with Gasteiger partial charge in [-0.3, -0.25) is 0 Å². The second-order valence-corrected chi connectivity index (χ2v) is 22.6. The minimum atomic E-state index is -0.498. The first-order valence-electron chi connectivity index (χ1n) is 23.7. The topological polar surface area (TPSA) is 3.24 Å². The maximum Gasteiger partial charge on any atom is 0.0726 e. The van der Waals surface area contributed by atoms with Crippen LogP contribution in [0, 0.1) is 0 Å². The lowest BCUT2D eigenvalue weighted by atomic mass is 9.68. The van der Waals surface area contributed by atoms with E-state index in [4.69, 9.17) is 0 Å². The third-order valence-corrected chi connectivity index (χ3v) is 15.2. The van der Waals surface area contributed by atoms with Crippen molar-refractivity contribution in [2.75, 3.05) is 4.90 Å². The highest BCUT2D eigenvalue weighted by molar-refractivity contribution is 5.97. The molecule has 0 heterocycles. The van der Waals surface area contributed by atoms with Crippen molar-refractivity contribution in [1.29, 1.82) is 0 Å². The molecule has 1 heteroatoms. The van der Waals surface area contributed by atoms with Crippen molar-refractivity contribution in [1.82, 2.24) is 0 Å². The highest BCUT2D eigenvalue weighted by Crippen LogP contribution is 2.64. The predicted molar refractivity (Wildman–Crippen MR) is 277 cm³/mol. The SMILES string of the molecule is CC(C)(C)c1ccc2c(c1)C1(c3ccccc3-c3ccc(N(c4ccc(-c5ccccc5C(C)(C)C)cc4)c4ccc5c(c4)-c4ccccc4C5(C)C)cc31)c1cc(C(C)(C)C)ccc1-2. The van der Waals surface area contributed by atoms with Crippen molar-refractivity contribution in [3.63, 3.8) is 0 Å². The molecule has 0 aromatic heterocycles. The van der Waals surface area contributed by atoms with Gasteiger partial charge in [0, 0.05) is 22.5 Å². The molecule has 0 saturated heterocycles. The molecule has 1 nitrogen and oxygen atoms in total. The minimum absolute atomic E-state index is 0.0124. The third-order valence-electron chi connectivity index (χ3n) is 15.2. The van der Waals surface area contributed by atoms with E-state index in [0.29, 0.717) is 0 Å². The summed E-state index contributed by atoms with van der Waals surface area (Å²) in [7, 11) is 0. The summed E-state index contributed by atoms with van der Waals surface area (Å²) < 4.78 is 0. The number of rotatable bonds is 4. The molecule has 0 fully saturated rings. The van der Waals surface area contributed by atoms with Crippen molar-refractivity contribution in [2.24, 2.45) is 0 Å². The lowest BCUT2D eigenvalue weighted by Gasteiger charge is -2.34. The lowest BCUT2D eigenvalue weighted by molar-refractivity contribution is 0.586. The van der Waals surface area contributed by atoms with E-state index in [1.54, 1.807) is 0 Å². The predicted octanol–water partition coefficient (Wildman–Crippen LogP) is 17.4. The van der Waals surface area contributed by atoms with Gasteiger partial charge >= 0.3 is 0 Å². The molecule has 3 aliphatic carbocycles. The zero-order valence-corrected chi connectivity index (χ0v) is 40.1. The number of benzene rings is 8. The van der Waals surface area contributed by atoms with Crippen LogP contribution in [0.25, 0.3) is 44.5 Å². The fourth-order valence-corrected chi connectivity index (χ4v) is 11.7. The summed E-state index contributed by atoms with van der Waals surface area (Å²) in [5.41, 5.74) is 25.7. The van der Waals surface area contributed by atoms with Gasteiger partial charge in [0.05, 0.1) is 5.41 Å². The Kier molecular flexibility index (Phi) is 8.91. The maximum absolute atomic E-state index is 2.55. The molecule has 65 heavy (non-hydrogen) atoms. The quantitative estimate of drug-likeness (QED) is 0.171. The monoisotopic (exact) mass is 843 g/mol. The molecule has 8 aromatic carbocycles. The number of hydrogen-bond acceptors (Lipinski definition) is 1. The third kappa shape index (κ3) is 6.11. The van der Waals surface area contributed by atoms with Crippen LogP contribution in [-0.4, -0.2) is 0 Å².